The Morgan fingerprint density at radius 3 is 2.39 bits per heavy atom. The molecule has 96 valence electrons. The van der Waals surface area contributed by atoms with Crippen molar-refractivity contribution in [1.82, 2.24) is 0 Å². The number of allylic oxidation sites excluding steroid dienone is 1. The lowest BCUT2D eigenvalue weighted by Gasteiger charge is -2.11. The first-order valence-corrected chi connectivity index (χ1v) is 5.66. The van der Waals surface area contributed by atoms with E-state index in [0.29, 0.717) is 16.0 Å². The average Bonchev–Trinajstić information content (AvgIpc) is 2.35. The van der Waals surface area contributed by atoms with E-state index >= 15 is 0 Å². The molecule has 0 unspecified atom stereocenters. The minimum absolute atomic E-state index is 0.252. The molecular formula is C12H11BrO5. The fourth-order valence-corrected chi connectivity index (χ4v) is 2.00. The monoisotopic (exact) mass is 314 g/mol. The van der Waals surface area contributed by atoms with Crippen molar-refractivity contribution in [2.24, 2.45) is 0 Å². The van der Waals surface area contributed by atoms with E-state index in [9.17, 15) is 9.59 Å². The first kappa shape index (κ1) is 14.2. The number of carbonyl (C=O) groups excluding carboxylic acids is 1. The predicted molar refractivity (Wildman–Crippen MR) is 68.4 cm³/mol. The average molecular weight is 315 g/mol. The Bertz CT molecular complexity index is 507. The largest absolute Gasteiger partial charge is 0.495 e. The highest BCUT2D eigenvalue weighted by Gasteiger charge is 2.16. The molecule has 0 heterocycles. The lowest BCUT2D eigenvalue weighted by molar-refractivity contribution is -0.131. The molecule has 0 atom stereocenters. The van der Waals surface area contributed by atoms with Crippen LogP contribution in [0.15, 0.2) is 28.8 Å². The minimum atomic E-state index is -1.19. The van der Waals surface area contributed by atoms with Gasteiger partial charge >= 0.3 is 5.97 Å². The summed E-state index contributed by atoms with van der Waals surface area (Å²) in [6.07, 6.45) is 1.75. The summed E-state index contributed by atoms with van der Waals surface area (Å²) in [5.41, 5.74) is 0.252. The van der Waals surface area contributed by atoms with E-state index in [2.05, 4.69) is 15.9 Å². The Morgan fingerprint density at radius 1 is 1.22 bits per heavy atom. The van der Waals surface area contributed by atoms with Gasteiger partial charge in [0.15, 0.2) is 5.78 Å². The van der Waals surface area contributed by atoms with Crippen LogP contribution in [0.5, 0.6) is 11.5 Å². The summed E-state index contributed by atoms with van der Waals surface area (Å²) >= 11 is 3.26. The van der Waals surface area contributed by atoms with Gasteiger partial charge in [-0.1, -0.05) is 0 Å². The van der Waals surface area contributed by atoms with Crippen molar-refractivity contribution < 1.29 is 24.2 Å². The van der Waals surface area contributed by atoms with Crippen LogP contribution in [0.1, 0.15) is 10.4 Å². The minimum Gasteiger partial charge on any atom is -0.495 e. The molecule has 0 aliphatic carbocycles. The smallest absolute Gasteiger partial charge is 0.328 e. The van der Waals surface area contributed by atoms with Crippen molar-refractivity contribution in [2.75, 3.05) is 14.2 Å². The summed E-state index contributed by atoms with van der Waals surface area (Å²) in [5, 5.41) is 8.47. The molecule has 0 saturated heterocycles. The zero-order valence-electron chi connectivity index (χ0n) is 9.77. The van der Waals surface area contributed by atoms with Crippen molar-refractivity contribution >= 4 is 27.7 Å². The molecule has 0 aromatic heterocycles. The maximum Gasteiger partial charge on any atom is 0.328 e. The summed E-state index contributed by atoms with van der Waals surface area (Å²) in [7, 11) is 2.91. The molecule has 1 aromatic rings. The number of hydrogen-bond donors (Lipinski definition) is 1. The third-order valence-electron chi connectivity index (χ3n) is 2.13. The fourth-order valence-electron chi connectivity index (χ4n) is 1.33. The quantitative estimate of drug-likeness (QED) is 0.667. The summed E-state index contributed by atoms with van der Waals surface area (Å²) in [4.78, 5) is 22.1. The van der Waals surface area contributed by atoms with Gasteiger partial charge in [0.2, 0.25) is 0 Å². The van der Waals surface area contributed by atoms with Crippen LogP contribution in [-0.2, 0) is 4.79 Å². The molecule has 1 N–H and O–H groups in total. The van der Waals surface area contributed by atoms with Crippen LogP contribution in [0.25, 0.3) is 0 Å². The summed E-state index contributed by atoms with van der Waals surface area (Å²) < 4.78 is 10.7. The predicted octanol–water partition coefficient (Wildman–Crippen LogP) is 2.29. The molecule has 0 bridgehead atoms. The third kappa shape index (κ3) is 3.10. The molecule has 1 rings (SSSR count). The van der Waals surface area contributed by atoms with Crippen LogP contribution in [0.4, 0.5) is 0 Å². The van der Waals surface area contributed by atoms with E-state index in [1.54, 1.807) is 6.07 Å². The number of ketones is 1. The van der Waals surface area contributed by atoms with Gasteiger partial charge in [-0.15, -0.1) is 0 Å². The van der Waals surface area contributed by atoms with E-state index in [4.69, 9.17) is 14.6 Å². The summed E-state index contributed by atoms with van der Waals surface area (Å²) in [5.74, 6) is -0.826. The van der Waals surface area contributed by atoms with Crippen molar-refractivity contribution in [1.29, 1.82) is 0 Å². The number of hydrogen-bond acceptors (Lipinski definition) is 4. The van der Waals surface area contributed by atoms with Crippen molar-refractivity contribution in [3.63, 3.8) is 0 Å². The van der Waals surface area contributed by atoms with Gasteiger partial charge in [0.25, 0.3) is 0 Å². The maximum absolute atomic E-state index is 11.8. The molecule has 0 aliphatic rings. The molecule has 0 aliphatic heterocycles. The fraction of sp³-hybridized carbons (Fsp3) is 0.167. The van der Waals surface area contributed by atoms with E-state index in [1.807, 2.05) is 0 Å². The number of carboxylic acid groups (broad SMARTS) is 1. The van der Waals surface area contributed by atoms with E-state index in [-0.39, 0.29) is 5.56 Å². The number of halogens is 1. The highest BCUT2D eigenvalue weighted by molar-refractivity contribution is 9.10. The lowest BCUT2D eigenvalue weighted by atomic mass is 10.1. The molecular weight excluding hydrogens is 304 g/mol. The normalized spacial score (nSPS) is 10.4. The van der Waals surface area contributed by atoms with Gasteiger partial charge in [-0.3, -0.25) is 4.79 Å². The van der Waals surface area contributed by atoms with Gasteiger partial charge in [-0.05, 0) is 34.1 Å². The molecule has 5 nitrogen and oxygen atoms in total. The van der Waals surface area contributed by atoms with Gasteiger partial charge in [0, 0.05) is 6.08 Å². The molecule has 0 fully saturated rings. The standard InChI is InChI=1S/C12H11BrO5/c1-17-9-5-3-7(12(18-2)11(9)13)8(14)4-6-10(15)16/h3-6H,1-2H3,(H,15,16)/b6-4+. The zero-order chi connectivity index (χ0) is 13.7. The maximum atomic E-state index is 11.8. The van der Waals surface area contributed by atoms with E-state index in [1.165, 1.54) is 20.3 Å². The second-order valence-corrected chi connectivity index (χ2v) is 3.99. The Morgan fingerprint density at radius 2 is 1.89 bits per heavy atom. The van der Waals surface area contributed by atoms with Gasteiger partial charge in [0.05, 0.1) is 19.8 Å². The Kier molecular flexibility index (Phi) is 4.91. The highest BCUT2D eigenvalue weighted by atomic mass is 79.9. The first-order chi connectivity index (χ1) is 8.51. The molecule has 6 heteroatoms. The van der Waals surface area contributed by atoms with E-state index in [0.717, 1.165) is 12.2 Å². The van der Waals surface area contributed by atoms with Gasteiger partial charge in [-0.25, -0.2) is 4.79 Å². The number of benzene rings is 1. The molecule has 0 amide bonds. The number of methoxy groups -OCH3 is 2. The Hall–Kier alpha value is -1.82. The van der Waals surface area contributed by atoms with Gasteiger partial charge in [0.1, 0.15) is 16.0 Å². The molecule has 0 spiro atoms. The highest BCUT2D eigenvalue weighted by Crippen LogP contribution is 2.37. The number of carboxylic acids is 1. The van der Waals surface area contributed by atoms with Crippen molar-refractivity contribution in [2.45, 2.75) is 0 Å². The lowest BCUT2D eigenvalue weighted by Crippen LogP contribution is -2.02. The molecule has 18 heavy (non-hydrogen) atoms. The zero-order valence-corrected chi connectivity index (χ0v) is 11.4. The number of aliphatic carboxylic acids is 1. The number of rotatable bonds is 5. The Labute approximate surface area is 112 Å². The first-order valence-electron chi connectivity index (χ1n) is 4.87. The van der Waals surface area contributed by atoms with Crippen LogP contribution in [0.3, 0.4) is 0 Å². The van der Waals surface area contributed by atoms with Crippen LogP contribution in [-0.4, -0.2) is 31.1 Å². The summed E-state index contributed by atoms with van der Waals surface area (Å²) in [6, 6.07) is 3.10. The second kappa shape index (κ2) is 6.20. The topological polar surface area (TPSA) is 72.8 Å². The van der Waals surface area contributed by atoms with Crippen LogP contribution in [0, 0.1) is 0 Å². The summed E-state index contributed by atoms with van der Waals surface area (Å²) in [6.45, 7) is 0. The van der Waals surface area contributed by atoms with E-state index < -0.39 is 11.8 Å². The molecule has 1 aromatic carbocycles. The second-order valence-electron chi connectivity index (χ2n) is 3.20. The van der Waals surface area contributed by atoms with Crippen molar-refractivity contribution in [3.05, 3.63) is 34.3 Å². The third-order valence-corrected chi connectivity index (χ3v) is 2.88. The Balaban J connectivity index is 3.21. The SMILES string of the molecule is COc1ccc(C(=O)/C=C/C(=O)O)c(OC)c1Br. The van der Waals surface area contributed by atoms with Crippen LogP contribution < -0.4 is 9.47 Å². The van der Waals surface area contributed by atoms with Gasteiger partial charge < -0.3 is 14.6 Å². The van der Waals surface area contributed by atoms with Crippen LogP contribution in [0.2, 0.25) is 0 Å². The molecule has 0 saturated carbocycles. The van der Waals surface area contributed by atoms with Gasteiger partial charge in [-0.2, -0.15) is 0 Å². The van der Waals surface area contributed by atoms with Crippen molar-refractivity contribution in [3.8, 4) is 11.5 Å². The molecule has 0 radical (unpaired) electrons. The number of carbonyl (C=O) groups is 2. The van der Waals surface area contributed by atoms with Crippen LogP contribution >= 0.6 is 15.9 Å². The number of ether oxygens (including phenoxy) is 2.